The Morgan fingerprint density at radius 3 is 2.89 bits per heavy atom. The average molecular weight is 327 g/mol. The van der Waals surface area contributed by atoms with E-state index in [-0.39, 0.29) is 5.91 Å². The maximum absolute atomic E-state index is 11.5. The van der Waals surface area contributed by atoms with Crippen LogP contribution in [-0.4, -0.2) is 25.6 Å². The molecule has 1 fully saturated rings. The van der Waals surface area contributed by atoms with Gasteiger partial charge in [-0.2, -0.15) is 0 Å². The molecule has 0 bridgehead atoms. The second-order valence-electron chi connectivity index (χ2n) is 4.74. The van der Waals surface area contributed by atoms with Crippen LogP contribution < -0.4 is 15.4 Å². The Morgan fingerprint density at radius 2 is 2.26 bits per heavy atom. The van der Waals surface area contributed by atoms with Gasteiger partial charge in [-0.3, -0.25) is 4.79 Å². The highest BCUT2D eigenvalue weighted by Gasteiger charge is 2.22. The van der Waals surface area contributed by atoms with Crippen LogP contribution in [0.15, 0.2) is 22.7 Å². The molecule has 0 aliphatic heterocycles. The highest BCUT2D eigenvalue weighted by molar-refractivity contribution is 9.10. The van der Waals surface area contributed by atoms with Crippen LogP contribution in [0.4, 0.5) is 0 Å². The Hall–Kier alpha value is -1.07. The zero-order valence-electron chi connectivity index (χ0n) is 11.0. The first-order valence-electron chi connectivity index (χ1n) is 6.54. The van der Waals surface area contributed by atoms with E-state index in [1.54, 1.807) is 0 Å². The smallest absolute Gasteiger partial charge is 0.223 e. The van der Waals surface area contributed by atoms with E-state index >= 15 is 0 Å². The lowest BCUT2D eigenvalue weighted by Crippen LogP contribution is -2.26. The van der Waals surface area contributed by atoms with Crippen molar-refractivity contribution in [3.8, 4) is 5.75 Å². The molecule has 0 heterocycles. The number of hydrogen-bond acceptors (Lipinski definition) is 3. The zero-order valence-corrected chi connectivity index (χ0v) is 12.6. The van der Waals surface area contributed by atoms with Crippen LogP contribution in [0.5, 0.6) is 5.75 Å². The molecule has 1 saturated carbocycles. The number of carbonyl (C=O) groups is 1. The second-order valence-corrected chi connectivity index (χ2v) is 5.59. The maximum atomic E-state index is 11.5. The Bertz CT molecular complexity index is 447. The van der Waals surface area contributed by atoms with Gasteiger partial charge in [-0.15, -0.1) is 0 Å². The molecule has 1 aromatic rings. The van der Waals surface area contributed by atoms with Crippen molar-refractivity contribution < 1.29 is 9.53 Å². The molecule has 104 valence electrons. The molecule has 2 rings (SSSR count). The van der Waals surface area contributed by atoms with Gasteiger partial charge in [0.2, 0.25) is 5.91 Å². The number of carbonyl (C=O) groups excluding carboxylic acids is 1. The van der Waals surface area contributed by atoms with E-state index in [9.17, 15) is 4.79 Å². The van der Waals surface area contributed by atoms with Crippen LogP contribution >= 0.6 is 15.9 Å². The first kappa shape index (κ1) is 14.3. The lowest BCUT2D eigenvalue weighted by atomic mass is 10.2. The van der Waals surface area contributed by atoms with Crippen LogP contribution in [0.3, 0.4) is 0 Å². The molecule has 5 heteroatoms. The van der Waals surface area contributed by atoms with Crippen molar-refractivity contribution in [3.05, 3.63) is 28.2 Å². The van der Waals surface area contributed by atoms with E-state index in [0.717, 1.165) is 29.6 Å². The summed E-state index contributed by atoms with van der Waals surface area (Å²) >= 11 is 3.48. The minimum absolute atomic E-state index is 0.0745. The summed E-state index contributed by atoms with van der Waals surface area (Å²) in [6, 6.07) is 6.38. The van der Waals surface area contributed by atoms with E-state index < -0.39 is 0 Å². The van der Waals surface area contributed by atoms with Gasteiger partial charge in [0, 0.05) is 12.6 Å². The van der Waals surface area contributed by atoms with Crippen molar-refractivity contribution >= 4 is 21.8 Å². The first-order chi connectivity index (χ1) is 9.19. The summed E-state index contributed by atoms with van der Waals surface area (Å²) in [5, 5.41) is 6.04. The summed E-state index contributed by atoms with van der Waals surface area (Å²) in [5.41, 5.74) is 1.19. The third kappa shape index (κ3) is 4.84. The number of ether oxygens (including phenoxy) is 1. The van der Waals surface area contributed by atoms with Crippen molar-refractivity contribution in [2.45, 2.75) is 31.8 Å². The largest absolute Gasteiger partial charge is 0.492 e. The molecule has 0 atom stereocenters. The quantitative estimate of drug-likeness (QED) is 0.807. The molecule has 0 spiro atoms. The van der Waals surface area contributed by atoms with Gasteiger partial charge < -0.3 is 15.4 Å². The van der Waals surface area contributed by atoms with Gasteiger partial charge in [-0.05, 0) is 53.5 Å². The van der Waals surface area contributed by atoms with Crippen molar-refractivity contribution in [1.82, 2.24) is 10.6 Å². The third-order valence-electron chi connectivity index (χ3n) is 2.91. The minimum Gasteiger partial charge on any atom is -0.492 e. The molecule has 1 aliphatic rings. The molecule has 0 saturated heterocycles. The van der Waals surface area contributed by atoms with E-state index in [1.807, 2.05) is 25.2 Å². The molecule has 1 amide bonds. The van der Waals surface area contributed by atoms with Crippen molar-refractivity contribution in [2.75, 3.05) is 13.7 Å². The average Bonchev–Trinajstić information content (AvgIpc) is 3.16. The van der Waals surface area contributed by atoms with Crippen molar-refractivity contribution in [2.24, 2.45) is 0 Å². The van der Waals surface area contributed by atoms with Crippen molar-refractivity contribution in [1.29, 1.82) is 0 Å². The summed E-state index contributed by atoms with van der Waals surface area (Å²) in [6.07, 6.45) is 2.64. The molecule has 0 radical (unpaired) electrons. The number of benzene rings is 1. The van der Waals surface area contributed by atoms with Crippen LogP contribution in [0.25, 0.3) is 0 Å². The standard InChI is InChI=1S/C14H19BrN2O2/c1-16-9-10-2-5-13(12(15)8-10)19-7-6-14(18)17-11-3-4-11/h2,5,8,11,16H,3-4,6-7,9H2,1H3,(H,17,18). The Kier molecular flexibility index (Phi) is 5.22. The summed E-state index contributed by atoms with van der Waals surface area (Å²) in [4.78, 5) is 11.5. The van der Waals surface area contributed by atoms with Crippen LogP contribution in [0, 0.1) is 0 Å². The Labute approximate surface area is 122 Å². The monoisotopic (exact) mass is 326 g/mol. The maximum Gasteiger partial charge on any atom is 0.223 e. The highest BCUT2D eigenvalue weighted by atomic mass is 79.9. The lowest BCUT2D eigenvalue weighted by molar-refractivity contribution is -0.121. The SMILES string of the molecule is CNCc1ccc(OCCC(=O)NC2CC2)c(Br)c1. The fourth-order valence-electron chi connectivity index (χ4n) is 1.76. The first-order valence-corrected chi connectivity index (χ1v) is 7.33. The van der Waals surface area contributed by atoms with E-state index in [1.165, 1.54) is 5.56 Å². The van der Waals surface area contributed by atoms with Crippen LogP contribution in [-0.2, 0) is 11.3 Å². The van der Waals surface area contributed by atoms with Crippen LogP contribution in [0.1, 0.15) is 24.8 Å². The minimum atomic E-state index is 0.0745. The molecular formula is C14H19BrN2O2. The molecule has 0 unspecified atom stereocenters. The van der Waals surface area contributed by atoms with E-state index in [0.29, 0.717) is 19.1 Å². The number of rotatable bonds is 7. The number of amides is 1. The van der Waals surface area contributed by atoms with Gasteiger partial charge in [0.05, 0.1) is 17.5 Å². The molecular weight excluding hydrogens is 308 g/mol. The zero-order chi connectivity index (χ0) is 13.7. The van der Waals surface area contributed by atoms with E-state index in [4.69, 9.17) is 4.74 Å². The molecule has 1 aliphatic carbocycles. The predicted octanol–water partition coefficient (Wildman–Crippen LogP) is 2.22. The second kappa shape index (κ2) is 6.91. The fraction of sp³-hybridized carbons (Fsp3) is 0.500. The van der Waals surface area contributed by atoms with Crippen LogP contribution in [0.2, 0.25) is 0 Å². The molecule has 2 N–H and O–H groups in total. The third-order valence-corrected chi connectivity index (χ3v) is 3.53. The molecule has 19 heavy (non-hydrogen) atoms. The van der Waals surface area contributed by atoms with Gasteiger partial charge in [0.25, 0.3) is 0 Å². The van der Waals surface area contributed by atoms with Crippen molar-refractivity contribution in [3.63, 3.8) is 0 Å². The fourth-order valence-corrected chi connectivity index (χ4v) is 2.30. The Balaban J connectivity index is 1.76. The van der Waals surface area contributed by atoms with E-state index in [2.05, 4.69) is 26.6 Å². The van der Waals surface area contributed by atoms with Gasteiger partial charge in [0.1, 0.15) is 5.75 Å². The Morgan fingerprint density at radius 1 is 1.47 bits per heavy atom. The van der Waals surface area contributed by atoms with Gasteiger partial charge in [-0.1, -0.05) is 6.07 Å². The highest BCUT2D eigenvalue weighted by Crippen LogP contribution is 2.26. The number of nitrogens with one attached hydrogen (secondary N) is 2. The van der Waals surface area contributed by atoms with Gasteiger partial charge >= 0.3 is 0 Å². The van der Waals surface area contributed by atoms with Gasteiger partial charge in [-0.25, -0.2) is 0 Å². The summed E-state index contributed by atoms with van der Waals surface area (Å²) in [7, 11) is 1.91. The summed E-state index contributed by atoms with van der Waals surface area (Å²) < 4.78 is 6.53. The normalized spacial score (nSPS) is 14.2. The lowest BCUT2D eigenvalue weighted by Gasteiger charge is -2.10. The summed E-state index contributed by atoms with van der Waals surface area (Å²) in [6.45, 7) is 1.23. The molecule has 1 aromatic carbocycles. The molecule has 0 aromatic heterocycles. The number of hydrogen-bond donors (Lipinski definition) is 2. The summed E-state index contributed by atoms with van der Waals surface area (Å²) in [5.74, 6) is 0.851. The predicted molar refractivity (Wildman–Crippen MR) is 78.2 cm³/mol. The molecule has 4 nitrogen and oxygen atoms in total. The topological polar surface area (TPSA) is 50.4 Å². The number of halogens is 1. The van der Waals surface area contributed by atoms with Gasteiger partial charge in [0.15, 0.2) is 0 Å².